The first-order chi connectivity index (χ1) is 5.36. The largest absolute Gasteiger partial charge is 0.327 e. The predicted molar refractivity (Wildman–Crippen MR) is 47.3 cm³/mol. The summed E-state index contributed by atoms with van der Waals surface area (Å²) in [6, 6.07) is 0.546. The maximum absolute atomic E-state index is 6.06. The van der Waals surface area contributed by atoms with Gasteiger partial charge in [0.15, 0.2) is 0 Å². The molecule has 0 saturated heterocycles. The Labute approximate surface area is 69.4 Å². The molecule has 2 saturated carbocycles. The minimum atomic E-state index is 0.546. The van der Waals surface area contributed by atoms with Gasteiger partial charge in [-0.3, -0.25) is 0 Å². The quantitative estimate of drug-likeness (QED) is 0.647. The second-order valence-corrected chi connectivity index (χ2v) is 4.39. The van der Waals surface area contributed by atoms with Gasteiger partial charge in [-0.15, -0.1) is 0 Å². The summed E-state index contributed by atoms with van der Waals surface area (Å²) in [5, 5.41) is 0. The van der Waals surface area contributed by atoms with Crippen LogP contribution in [0.25, 0.3) is 0 Å². The molecule has 2 fully saturated rings. The third kappa shape index (κ3) is 1.96. The Bertz CT molecular complexity index is 129. The van der Waals surface area contributed by atoms with Gasteiger partial charge in [-0.25, -0.2) is 0 Å². The van der Waals surface area contributed by atoms with Crippen molar-refractivity contribution in [2.75, 3.05) is 0 Å². The molecule has 0 aromatic heterocycles. The van der Waals surface area contributed by atoms with Crippen LogP contribution in [0.4, 0.5) is 0 Å². The molecule has 2 rings (SSSR count). The number of hydrogen-bond donors (Lipinski definition) is 1. The molecule has 2 aliphatic carbocycles. The van der Waals surface area contributed by atoms with Gasteiger partial charge < -0.3 is 5.73 Å². The van der Waals surface area contributed by atoms with Crippen molar-refractivity contribution in [1.29, 1.82) is 0 Å². The van der Waals surface area contributed by atoms with Crippen molar-refractivity contribution in [3.8, 4) is 0 Å². The molecule has 0 bridgehead atoms. The van der Waals surface area contributed by atoms with Gasteiger partial charge in [0.25, 0.3) is 0 Å². The predicted octanol–water partition coefficient (Wildman–Crippen LogP) is 2.30. The summed E-state index contributed by atoms with van der Waals surface area (Å²) >= 11 is 0. The number of rotatable bonds is 2. The van der Waals surface area contributed by atoms with E-state index in [9.17, 15) is 0 Å². The normalized spacial score (nSPS) is 39.0. The SMILES string of the molecule is NC1CCCCC1CC1CC1. The fourth-order valence-electron chi connectivity index (χ4n) is 2.31. The van der Waals surface area contributed by atoms with Gasteiger partial charge in [0.2, 0.25) is 0 Å². The Kier molecular flexibility index (Phi) is 2.17. The average molecular weight is 153 g/mol. The molecule has 2 atom stereocenters. The monoisotopic (exact) mass is 153 g/mol. The molecule has 0 aromatic rings. The van der Waals surface area contributed by atoms with Gasteiger partial charge >= 0.3 is 0 Å². The smallest absolute Gasteiger partial charge is 0.00672 e. The van der Waals surface area contributed by atoms with E-state index in [0.29, 0.717) is 6.04 Å². The molecule has 0 aliphatic heterocycles. The van der Waals surface area contributed by atoms with Gasteiger partial charge in [-0.1, -0.05) is 25.7 Å². The first-order valence-corrected chi connectivity index (χ1v) is 5.12. The molecule has 0 aromatic carbocycles. The zero-order chi connectivity index (χ0) is 7.68. The van der Waals surface area contributed by atoms with Crippen molar-refractivity contribution in [3.05, 3.63) is 0 Å². The Morgan fingerprint density at radius 1 is 1.00 bits per heavy atom. The molecule has 2 N–H and O–H groups in total. The van der Waals surface area contributed by atoms with E-state index in [1.54, 1.807) is 0 Å². The summed E-state index contributed by atoms with van der Waals surface area (Å²) in [6.07, 6.45) is 9.94. The van der Waals surface area contributed by atoms with Crippen molar-refractivity contribution in [2.24, 2.45) is 17.6 Å². The Balaban J connectivity index is 1.78. The zero-order valence-electron chi connectivity index (χ0n) is 7.26. The van der Waals surface area contributed by atoms with E-state index in [4.69, 9.17) is 5.73 Å². The van der Waals surface area contributed by atoms with Crippen LogP contribution in [0.5, 0.6) is 0 Å². The zero-order valence-corrected chi connectivity index (χ0v) is 7.26. The Hall–Kier alpha value is -0.0400. The average Bonchev–Trinajstić information content (AvgIpc) is 2.78. The standard InChI is InChI=1S/C10H19N/c11-10-4-2-1-3-9(10)7-8-5-6-8/h8-10H,1-7,11H2. The highest BCUT2D eigenvalue weighted by molar-refractivity contribution is 4.84. The van der Waals surface area contributed by atoms with Crippen LogP contribution >= 0.6 is 0 Å². The first kappa shape index (κ1) is 7.60. The maximum atomic E-state index is 6.06. The van der Waals surface area contributed by atoms with Crippen molar-refractivity contribution >= 4 is 0 Å². The van der Waals surface area contributed by atoms with Gasteiger partial charge in [0, 0.05) is 6.04 Å². The second kappa shape index (κ2) is 3.14. The molecular formula is C10H19N. The lowest BCUT2D eigenvalue weighted by atomic mass is 9.82. The van der Waals surface area contributed by atoms with E-state index in [-0.39, 0.29) is 0 Å². The third-order valence-corrected chi connectivity index (χ3v) is 3.30. The van der Waals surface area contributed by atoms with Crippen LogP contribution in [0.2, 0.25) is 0 Å². The lowest BCUT2D eigenvalue weighted by Crippen LogP contribution is -2.33. The minimum Gasteiger partial charge on any atom is -0.327 e. The molecule has 0 radical (unpaired) electrons. The number of hydrogen-bond acceptors (Lipinski definition) is 1. The van der Waals surface area contributed by atoms with Crippen LogP contribution in [0.1, 0.15) is 44.9 Å². The van der Waals surface area contributed by atoms with Crippen LogP contribution < -0.4 is 5.73 Å². The van der Waals surface area contributed by atoms with Crippen molar-refractivity contribution in [2.45, 2.75) is 51.0 Å². The Morgan fingerprint density at radius 2 is 1.73 bits per heavy atom. The summed E-state index contributed by atoms with van der Waals surface area (Å²) < 4.78 is 0. The molecular weight excluding hydrogens is 134 g/mol. The highest BCUT2D eigenvalue weighted by atomic mass is 14.7. The van der Waals surface area contributed by atoms with Gasteiger partial charge in [0.1, 0.15) is 0 Å². The van der Waals surface area contributed by atoms with Gasteiger partial charge in [-0.2, -0.15) is 0 Å². The van der Waals surface area contributed by atoms with E-state index in [0.717, 1.165) is 11.8 Å². The molecule has 0 amide bonds. The molecule has 0 spiro atoms. The fraction of sp³-hybridized carbons (Fsp3) is 1.00. The van der Waals surface area contributed by atoms with Crippen molar-refractivity contribution in [1.82, 2.24) is 0 Å². The summed E-state index contributed by atoms with van der Waals surface area (Å²) in [5.41, 5.74) is 6.06. The van der Waals surface area contributed by atoms with Crippen molar-refractivity contribution in [3.63, 3.8) is 0 Å². The molecule has 1 heteroatoms. The van der Waals surface area contributed by atoms with E-state index in [2.05, 4.69) is 0 Å². The second-order valence-electron chi connectivity index (χ2n) is 4.39. The van der Waals surface area contributed by atoms with Crippen LogP contribution in [-0.2, 0) is 0 Å². The van der Waals surface area contributed by atoms with Gasteiger partial charge in [0.05, 0.1) is 0 Å². The Morgan fingerprint density at radius 3 is 2.36 bits per heavy atom. The summed E-state index contributed by atoms with van der Waals surface area (Å²) in [6.45, 7) is 0. The number of nitrogens with two attached hydrogens (primary N) is 1. The summed E-state index contributed by atoms with van der Waals surface area (Å²) in [7, 11) is 0. The summed E-state index contributed by atoms with van der Waals surface area (Å²) in [4.78, 5) is 0. The maximum Gasteiger partial charge on any atom is 0.00672 e. The fourth-order valence-corrected chi connectivity index (χ4v) is 2.31. The lowest BCUT2D eigenvalue weighted by molar-refractivity contribution is 0.281. The third-order valence-electron chi connectivity index (χ3n) is 3.30. The minimum absolute atomic E-state index is 0.546. The first-order valence-electron chi connectivity index (χ1n) is 5.12. The molecule has 2 aliphatic rings. The molecule has 2 unspecified atom stereocenters. The van der Waals surface area contributed by atoms with Crippen molar-refractivity contribution < 1.29 is 0 Å². The molecule has 64 valence electrons. The molecule has 1 nitrogen and oxygen atoms in total. The summed E-state index contributed by atoms with van der Waals surface area (Å²) in [5.74, 6) is 1.96. The van der Waals surface area contributed by atoms with Crippen LogP contribution in [0, 0.1) is 11.8 Å². The van der Waals surface area contributed by atoms with Gasteiger partial charge in [-0.05, 0) is 31.1 Å². The van der Waals surface area contributed by atoms with Crippen LogP contribution in [0.15, 0.2) is 0 Å². The van der Waals surface area contributed by atoms with E-state index < -0.39 is 0 Å². The lowest BCUT2D eigenvalue weighted by Gasteiger charge is -2.28. The van der Waals surface area contributed by atoms with Crippen LogP contribution in [0.3, 0.4) is 0 Å². The molecule has 0 heterocycles. The molecule has 11 heavy (non-hydrogen) atoms. The van der Waals surface area contributed by atoms with Crippen LogP contribution in [-0.4, -0.2) is 6.04 Å². The van der Waals surface area contributed by atoms with E-state index in [1.807, 2.05) is 0 Å². The van der Waals surface area contributed by atoms with E-state index in [1.165, 1.54) is 44.9 Å². The highest BCUT2D eigenvalue weighted by Crippen LogP contribution is 2.39. The topological polar surface area (TPSA) is 26.0 Å². The van der Waals surface area contributed by atoms with E-state index >= 15 is 0 Å². The highest BCUT2D eigenvalue weighted by Gasteiger charge is 2.29.